The number of esters is 1. The highest BCUT2D eigenvalue weighted by atomic mass is 16.6. The molecule has 0 atom stereocenters. The van der Waals surface area contributed by atoms with Gasteiger partial charge in [-0.2, -0.15) is 0 Å². The Morgan fingerprint density at radius 2 is 1.62 bits per heavy atom. The Kier molecular flexibility index (Phi) is 3.31. The number of carboxylic acids is 1. The minimum atomic E-state index is -1.45. The number of benzene rings is 1. The van der Waals surface area contributed by atoms with Crippen LogP contribution in [0.25, 0.3) is 0 Å². The van der Waals surface area contributed by atoms with Gasteiger partial charge in [-0.25, -0.2) is 9.59 Å². The van der Waals surface area contributed by atoms with E-state index in [1.165, 1.54) is 0 Å². The van der Waals surface area contributed by atoms with E-state index in [4.69, 9.17) is 10.2 Å². The second kappa shape index (κ2) is 4.49. The summed E-state index contributed by atoms with van der Waals surface area (Å²) in [6, 6.07) is 1.46. The first kappa shape index (κ1) is 11.8. The summed E-state index contributed by atoms with van der Waals surface area (Å²) < 4.78 is 4.16. The standard InChI is InChI=1S/C9H8O7/c10-3-16-9(15)5-2-6(11)4(8(13)14)1-7(5)12/h1-2,10-12H,3H2,(H,13,14). The van der Waals surface area contributed by atoms with Crippen LogP contribution in [0, 0.1) is 0 Å². The Bertz CT molecular complexity index is 438. The van der Waals surface area contributed by atoms with Gasteiger partial charge < -0.3 is 25.2 Å². The number of carbonyl (C=O) groups excluding carboxylic acids is 1. The Morgan fingerprint density at radius 1 is 1.12 bits per heavy atom. The van der Waals surface area contributed by atoms with E-state index in [9.17, 15) is 19.8 Å². The SMILES string of the molecule is O=C(O)c1cc(O)c(C(=O)OCO)cc1O. The summed E-state index contributed by atoms with van der Waals surface area (Å²) in [6.45, 7) is -0.889. The van der Waals surface area contributed by atoms with Crippen LogP contribution in [0.2, 0.25) is 0 Å². The molecule has 0 aliphatic rings. The predicted molar refractivity (Wildman–Crippen MR) is 49.2 cm³/mol. The third-order valence-corrected chi connectivity index (χ3v) is 1.76. The fourth-order valence-corrected chi connectivity index (χ4v) is 1.05. The molecule has 0 bridgehead atoms. The van der Waals surface area contributed by atoms with Crippen LogP contribution in [0.5, 0.6) is 11.5 Å². The molecule has 1 aromatic carbocycles. The molecule has 16 heavy (non-hydrogen) atoms. The number of carboxylic acid groups (broad SMARTS) is 1. The number of hydrogen-bond acceptors (Lipinski definition) is 6. The highest BCUT2D eigenvalue weighted by Crippen LogP contribution is 2.27. The van der Waals surface area contributed by atoms with Crippen molar-refractivity contribution in [1.82, 2.24) is 0 Å². The smallest absolute Gasteiger partial charge is 0.344 e. The Labute approximate surface area is 89.1 Å². The summed E-state index contributed by atoms with van der Waals surface area (Å²) in [5.74, 6) is -3.87. The summed E-state index contributed by atoms with van der Waals surface area (Å²) in [7, 11) is 0. The number of aromatic hydroxyl groups is 2. The molecule has 7 heteroatoms. The third kappa shape index (κ3) is 2.20. The molecule has 1 rings (SSSR count). The number of hydrogen-bond donors (Lipinski definition) is 4. The van der Waals surface area contributed by atoms with Crippen LogP contribution >= 0.6 is 0 Å². The summed E-state index contributed by atoms with van der Waals surface area (Å²) in [4.78, 5) is 21.7. The summed E-state index contributed by atoms with van der Waals surface area (Å²) in [5.41, 5.74) is -0.977. The average molecular weight is 228 g/mol. The van der Waals surface area contributed by atoms with Gasteiger partial charge in [0.05, 0.1) is 0 Å². The van der Waals surface area contributed by atoms with Gasteiger partial charge in [-0.3, -0.25) is 0 Å². The zero-order chi connectivity index (χ0) is 12.3. The highest BCUT2D eigenvalue weighted by Gasteiger charge is 2.19. The van der Waals surface area contributed by atoms with E-state index in [-0.39, 0.29) is 0 Å². The Morgan fingerprint density at radius 3 is 2.12 bits per heavy atom. The molecule has 0 unspecified atom stereocenters. The van der Waals surface area contributed by atoms with Crippen molar-refractivity contribution in [3.63, 3.8) is 0 Å². The number of ether oxygens (including phenoxy) is 1. The number of phenols is 2. The number of aromatic carboxylic acids is 1. The second-order valence-electron chi connectivity index (χ2n) is 2.75. The molecule has 0 heterocycles. The lowest BCUT2D eigenvalue weighted by molar-refractivity contribution is 0.00651. The zero-order valence-corrected chi connectivity index (χ0v) is 7.88. The lowest BCUT2D eigenvalue weighted by atomic mass is 10.1. The van der Waals surface area contributed by atoms with E-state index in [1.54, 1.807) is 0 Å². The van der Waals surface area contributed by atoms with Gasteiger partial charge >= 0.3 is 11.9 Å². The van der Waals surface area contributed by atoms with Crippen LogP contribution in [0.3, 0.4) is 0 Å². The van der Waals surface area contributed by atoms with E-state index in [0.717, 1.165) is 6.07 Å². The maximum atomic E-state index is 11.1. The first-order chi connectivity index (χ1) is 7.47. The molecule has 7 nitrogen and oxygen atoms in total. The van der Waals surface area contributed by atoms with Crippen molar-refractivity contribution < 1.29 is 34.8 Å². The molecular formula is C9H8O7. The zero-order valence-electron chi connectivity index (χ0n) is 7.88. The molecule has 0 spiro atoms. The number of rotatable bonds is 3. The minimum absolute atomic E-state index is 0.434. The van der Waals surface area contributed by atoms with Crippen LogP contribution in [-0.2, 0) is 4.74 Å². The molecule has 0 aromatic heterocycles. The molecule has 0 amide bonds. The summed E-state index contributed by atoms with van der Waals surface area (Å²) in [6.07, 6.45) is 0. The molecule has 1 aromatic rings. The van der Waals surface area contributed by atoms with E-state index >= 15 is 0 Å². The molecule has 0 aliphatic carbocycles. The normalized spacial score (nSPS) is 9.81. The van der Waals surface area contributed by atoms with Crippen molar-refractivity contribution in [2.24, 2.45) is 0 Å². The maximum Gasteiger partial charge on any atom is 0.344 e. The van der Waals surface area contributed by atoms with Gasteiger partial charge in [0.2, 0.25) is 0 Å². The summed E-state index contributed by atoms with van der Waals surface area (Å²) in [5, 5.41) is 35.5. The van der Waals surface area contributed by atoms with Gasteiger partial charge in [0.25, 0.3) is 0 Å². The van der Waals surface area contributed by atoms with Crippen LogP contribution in [0.1, 0.15) is 20.7 Å². The monoisotopic (exact) mass is 228 g/mol. The molecular weight excluding hydrogens is 220 g/mol. The van der Waals surface area contributed by atoms with Gasteiger partial charge in [0.1, 0.15) is 22.6 Å². The largest absolute Gasteiger partial charge is 0.507 e. The highest BCUT2D eigenvalue weighted by molar-refractivity contribution is 5.97. The first-order valence-electron chi connectivity index (χ1n) is 4.04. The molecule has 0 fully saturated rings. The van der Waals surface area contributed by atoms with Gasteiger partial charge in [-0.05, 0) is 12.1 Å². The van der Waals surface area contributed by atoms with Crippen molar-refractivity contribution >= 4 is 11.9 Å². The van der Waals surface area contributed by atoms with Gasteiger partial charge in [-0.15, -0.1) is 0 Å². The molecule has 86 valence electrons. The average Bonchev–Trinajstić information content (AvgIpc) is 2.20. The molecule has 0 saturated carbocycles. The van der Waals surface area contributed by atoms with Crippen LogP contribution in [-0.4, -0.2) is 39.2 Å². The molecule has 0 saturated heterocycles. The van der Waals surface area contributed by atoms with Gasteiger partial charge in [-0.1, -0.05) is 0 Å². The first-order valence-corrected chi connectivity index (χ1v) is 4.04. The van der Waals surface area contributed by atoms with E-state index in [1.807, 2.05) is 0 Å². The lowest BCUT2D eigenvalue weighted by Gasteiger charge is -2.06. The third-order valence-electron chi connectivity index (χ3n) is 1.76. The maximum absolute atomic E-state index is 11.1. The molecule has 0 radical (unpaired) electrons. The van der Waals surface area contributed by atoms with E-state index < -0.39 is 41.4 Å². The predicted octanol–water partition coefficient (Wildman–Crippen LogP) is -0.0974. The second-order valence-corrected chi connectivity index (χ2v) is 2.75. The van der Waals surface area contributed by atoms with Crippen molar-refractivity contribution in [3.05, 3.63) is 23.3 Å². The minimum Gasteiger partial charge on any atom is -0.507 e. The van der Waals surface area contributed by atoms with Crippen LogP contribution in [0.15, 0.2) is 12.1 Å². The lowest BCUT2D eigenvalue weighted by Crippen LogP contribution is -2.07. The number of carbonyl (C=O) groups is 2. The fourth-order valence-electron chi connectivity index (χ4n) is 1.05. The van der Waals surface area contributed by atoms with Crippen molar-refractivity contribution in [2.75, 3.05) is 6.79 Å². The quantitative estimate of drug-likeness (QED) is 0.323. The van der Waals surface area contributed by atoms with Crippen molar-refractivity contribution in [3.8, 4) is 11.5 Å². The van der Waals surface area contributed by atoms with Gasteiger partial charge in [0.15, 0.2) is 6.79 Å². The Balaban J connectivity index is 3.20. The van der Waals surface area contributed by atoms with Crippen LogP contribution in [0.4, 0.5) is 0 Å². The van der Waals surface area contributed by atoms with E-state index in [2.05, 4.69) is 4.74 Å². The van der Waals surface area contributed by atoms with Crippen molar-refractivity contribution in [1.29, 1.82) is 0 Å². The van der Waals surface area contributed by atoms with E-state index in [0.29, 0.717) is 6.07 Å². The Hall–Kier alpha value is -2.28. The molecule has 0 aliphatic heterocycles. The number of phenolic OH excluding ortho intramolecular Hbond substituents is 1. The number of aliphatic hydroxyl groups excluding tert-OH is 1. The number of aliphatic hydroxyl groups is 1. The van der Waals surface area contributed by atoms with Crippen LogP contribution < -0.4 is 0 Å². The van der Waals surface area contributed by atoms with Crippen molar-refractivity contribution in [2.45, 2.75) is 0 Å². The topological polar surface area (TPSA) is 124 Å². The summed E-state index contributed by atoms with van der Waals surface area (Å²) >= 11 is 0. The molecule has 4 N–H and O–H groups in total. The fraction of sp³-hybridized carbons (Fsp3) is 0.111. The van der Waals surface area contributed by atoms with Gasteiger partial charge in [0, 0.05) is 0 Å².